The van der Waals surface area contributed by atoms with Crippen LogP contribution in [0.25, 0.3) is 0 Å². The fourth-order valence-electron chi connectivity index (χ4n) is 2.84. The van der Waals surface area contributed by atoms with E-state index in [1.807, 2.05) is 6.92 Å². The standard InChI is InChI=1S/C15H23NO/c1-3-17-15-10-5-4-9-14(15)12-7-6-8-13(11-12)16-2/h4-5,9-10,12-13,16H,3,6-8,11H2,1-2H3. The second-order valence-corrected chi connectivity index (χ2v) is 4.82. The lowest BCUT2D eigenvalue weighted by Crippen LogP contribution is -2.30. The van der Waals surface area contributed by atoms with E-state index in [9.17, 15) is 0 Å². The van der Waals surface area contributed by atoms with Gasteiger partial charge in [0.25, 0.3) is 0 Å². The lowest BCUT2D eigenvalue weighted by atomic mass is 9.81. The first kappa shape index (κ1) is 12.4. The molecule has 0 aromatic heterocycles. The summed E-state index contributed by atoms with van der Waals surface area (Å²) in [6.45, 7) is 2.80. The number of para-hydroxylation sites is 1. The van der Waals surface area contributed by atoms with Crippen LogP contribution in [-0.4, -0.2) is 19.7 Å². The number of benzene rings is 1. The maximum atomic E-state index is 5.74. The van der Waals surface area contributed by atoms with E-state index in [1.165, 1.54) is 31.2 Å². The summed E-state index contributed by atoms with van der Waals surface area (Å²) in [6.07, 6.45) is 5.16. The molecule has 0 aliphatic heterocycles. The van der Waals surface area contributed by atoms with Crippen LogP contribution in [0, 0.1) is 0 Å². The van der Waals surface area contributed by atoms with Crippen molar-refractivity contribution in [3.63, 3.8) is 0 Å². The Morgan fingerprint density at radius 1 is 1.29 bits per heavy atom. The molecule has 2 unspecified atom stereocenters. The fraction of sp³-hybridized carbons (Fsp3) is 0.600. The minimum atomic E-state index is 0.656. The Morgan fingerprint density at radius 2 is 2.12 bits per heavy atom. The van der Waals surface area contributed by atoms with E-state index in [2.05, 4.69) is 36.6 Å². The predicted octanol–water partition coefficient (Wildman–Crippen LogP) is 3.33. The van der Waals surface area contributed by atoms with Crippen LogP contribution in [0.1, 0.15) is 44.1 Å². The molecule has 0 saturated heterocycles. The monoisotopic (exact) mass is 233 g/mol. The molecular weight excluding hydrogens is 210 g/mol. The summed E-state index contributed by atoms with van der Waals surface area (Å²) in [5.41, 5.74) is 1.40. The Balaban J connectivity index is 2.15. The van der Waals surface area contributed by atoms with Crippen molar-refractivity contribution in [3.8, 4) is 5.75 Å². The van der Waals surface area contributed by atoms with Crippen LogP contribution in [0.3, 0.4) is 0 Å². The Labute approximate surface area is 104 Å². The number of hydrogen-bond acceptors (Lipinski definition) is 2. The summed E-state index contributed by atoms with van der Waals surface area (Å²) in [6, 6.07) is 9.19. The van der Waals surface area contributed by atoms with Gasteiger partial charge in [-0.25, -0.2) is 0 Å². The maximum Gasteiger partial charge on any atom is 0.122 e. The highest BCUT2D eigenvalue weighted by molar-refractivity contribution is 5.36. The molecule has 0 bridgehead atoms. The van der Waals surface area contributed by atoms with Gasteiger partial charge in [0.15, 0.2) is 0 Å². The van der Waals surface area contributed by atoms with Gasteiger partial charge in [0, 0.05) is 6.04 Å². The van der Waals surface area contributed by atoms with Crippen molar-refractivity contribution in [2.24, 2.45) is 0 Å². The first-order chi connectivity index (χ1) is 8.35. The van der Waals surface area contributed by atoms with Crippen LogP contribution >= 0.6 is 0 Å². The summed E-state index contributed by atoms with van der Waals surface area (Å²) < 4.78 is 5.74. The van der Waals surface area contributed by atoms with Gasteiger partial charge in [0.1, 0.15) is 5.75 Å². The fourth-order valence-corrected chi connectivity index (χ4v) is 2.84. The molecule has 2 rings (SSSR count). The van der Waals surface area contributed by atoms with Gasteiger partial charge in [0.05, 0.1) is 6.61 Å². The zero-order valence-electron chi connectivity index (χ0n) is 10.9. The third-order valence-corrected chi connectivity index (χ3v) is 3.74. The molecule has 0 radical (unpaired) electrons. The molecule has 1 saturated carbocycles. The molecule has 94 valence electrons. The SMILES string of the molecule is CCOc1ccccc1C1CCCC(NC)C1. The number of hydrogen-bond donors (Lipinski definition) is 1. The van der Waals surface area contributed by atoms with Crippen molar-refractivity contribution in [2.75, 3.05) is 13.7 Å². The molecule has 0 spiro atoms. The number of nitrogens with one attached hydrogen (secondary N) is 1. The van der Waals surface area contributed by atoms with E-state index in [1.54, 1.807) is 0 Å². The lowest BCUT2D eigenvalue weighted by Gasteiger charge is -2.30. The van der Waals surface area contributed by atoms with Crippen molar-refractivity contribution in [1.29, 1.82) is 0 Å². The minimum Gasteiger partial charge on any atom is -0.494 e. The van der Waals surface area contributed by atoms with Crippen molar-refractivity contribution in [1.82, 2.24) is 5.32 Å². The topological polar surface area (TPSA) is 21.3 Å². The van der Waals surface area contributed by atoms with Crippen molar-refractivity contribution >= 4 is 0 Å². The predicted molar refractivity (Wildman–Crippen MR) is 71.7 cm³/mol. The number of ether oxygens (including phenoxy) is 1. The molecule has 1 aromatic rings. The maximum absolute atomic E-state index is 5.74. The van der Waals surface area contributed by atoms with E-state index in [0.29, 0.717) is 12.0 Å². The molecule has 1 aromatic carbocycles. The molecule has 17 heavy (non-hydrogen) atoms. The van der Waals surface area contributed by atoms with Crippen LogP contribution in [-0.2, 0) is 0 Å². The summed E-state index contributed by atoms with van der Waals surface area (Å²) in [4.78, 5) is 0. The van der Waals surface area contributed by atoms with E-state index in [4.69, 9.17) is 4.74 Å². The Hall–Kier alpha value is -1.02. The van der Waals surface area contributed by atoms with Gasteiger partial charge in [0.2, 0.25) is 0 Å². The van der Waals surface area contributed by atoms with Crippen LogP contribution in [0.15, 0.2) is 24.3 Å². The lowest BCUT2D eigenvalue weighted by molar-refractivity contribution is 0.316. The van der Waals surface area contributed by atoms with Gasteiger partial charge in [-0.15, -0.1) is 0 Å². The summed E-state index contributed by atoms with van der Waals surface area (Å²) in [7, 11) is 2.07. The number of rotatable bonds is 4. The van der Waals surface area contributed by atoms with E-state index in [0.717, 1.165) is 12.4 Å². The molecule has 1 fully saturated rings. The first-order valence-electron chi connectivity index (χ1n) is 6.74. The summed E-state index contributed by atoms with van der Waals surface area (Å²) in [5.74, 6) is 1.74. The highest BCUT2D eigenvalue weighted by Crippen LogP contribution is 2.37. The van der Waals surface area contributed by atoms with Crippen molar-refractivity contribution in [2.45, 2.75) is 44.6 Å². The Morgan fingerprint density at radius 3 is 2.88 bits per heavy atom. The molecule has 0 heterocycles. The molecule has 2 heteroatoms. The first-order valence-corrected chi connectivity index (χ1v) is 6.74. The second kappa shape index (κ2) is 6.06. The largest absolute Gasteiger partial charge is 0.494 e. The van der Waals surface area contributed by atoms with Gasteiger partial charge in [-0.1, -0.05) is 24.6 Å². The van der Waals surface area contributed by atoms with Gasteiger partial charge < -0.3 is 10.1 Å². The van der Waals surface area contributed by atoms with Gasteiger partial charge >= 0.3 is 0 Å². The average Bonchev–Trinajstić information content (AvgIpc) is 2.40. The summed E-state index contributed by atoms with van der Waals surface area (Å²) in [5, 5.41) is 3.41. The zero-order valence-corrected chi connectivity index (χ0v) is 10.9. The van der Waals surface area contributed by atoms with Gasteiger partial charge in [-0.05, 0) is 50.8 Å². The molecule has 2 atom stereocenters. The average molecular weight is 233 g/mol. The normalized spacial score (nSPS) is 24.6. The van der Waals surface area contributed by atoms with E-state index >= 15 is 0 Å². The highest BCUT2D eigenvalue weighted by atomic mass is 16.5. The molecule has 1 aliphatic carbocycles. The highest BCUT2D eigenvalue weighted by Gasteiger charge is 2.24. The molecule has 0 amide bonds. The molecule has 1 aliphatic rings. The van der Waals surface area contributed by atoms with Crippen LogP contribution in [0.2, 0.25) is 0 Å². The Bertz CT molecular complexity index is 351. The molecule has 1 N–H and O–H groups in total. The Kier molecular flexibility index (Phi) is 4.43. The third kappa shape index (κ3) is 3.01. The quantitative estimate of drug-likeness (QED) is 0.861. The smallest absolute Gasteiger partial charge is 0.122 e. The molecule has 2 nitrogen and oxygen atoms in total. The van der Waals surface area contributed by atoms with Crippen LogP contribution in [0.5, 0.6) is 5.75 Å². The molecular formula is C15H23NO. The second-order valence-electron chi connectivity index (χ2n) is 4.82. The van der Waals surface area contributed by atoms with Crippen LogP contribution in [0.4, 0.5) is 0 Å². The van der Waals surface area contributed by atoms with Gasteiger partial charge in [-0.3, -0.25) is 0 Å². The van der Waals surface area contributed by atoms with Crippen molar-refractivity contribution < 1.29 is 4.74 Å². The third-order valence-electron chi connectivity index (χ3n) is 3.74. The van der Waals surface area contributed by atoms with Crippen LogP contribution < -0.4 is 10.1 Å². The zero-order chi connectivity index (χ0) is 12.1. The van der Waals surface area contributed by atoms with Gasteiger partial charge in [-0.2, -0.15) is 0 Å². The van der Waals surface area contributed by atoms with E-state index < -0.39 is 0 Å². The summed E-state index contributed by atoms with van der Waals surface area (Å²) >= 11 is 0. The van der Waals surface area contributed by atoms with E-state index in [-0.39, 0.29) is 0 Å². The minimum absolute atomic E-state index is 0.656. The van der Waals surface area contributed by atoms with Crippen molar-refractivity contribution in [3.05, 3.63) is 29.8 Å².